The number of fused-ring (bicyclic) bond motifs is 1. The third kappa shape index (κ3) is 2.31. The van der Waals surface area contributed by atoms with Crippen molar-refractivity contribution in [1.82, 2.24) is 0 Å². The molecular weight excluding hydrogens is 203 g/mol. The van der Waals surface area contributed by atoms with E-state index in [0.717, 1.165) is 30.4 Å². The zero-order valence-corrected chi connectivity index (χ0v) is 9.25. The Hall–Kier alpha value is -1.19. The van der Waals surface area contributed by atoms with Crippen molar-refractivity contribution in [3.63, 3.8) is 0 Å². The van der Waals surface area contributed by atoms with Crippen LogP contribution in [-0.4, -0.2) is 12.6 Å². The van der Waals surface area contributed by atoms with Crippen molar-refractivity contribution in [2.24, 2.45) is 11.5 Å². The lowest BCUT2D eigenvalue weighted by molar-refractivity contribution is 0.616. The van der Waals surface area contributed by atoms with Gasteiger partial charge in [-0.2, -0.15) is 0 Å². The Morgan fingerprint density at radius 1 is 1.31 bits per heavy atom. The highest BCUT2D eigenvalue weighted by molar-refractivity contribution is 5.60. The van der Waals surface area contributed by atoms with E-state index in [2.05, 4.69) is 0 Å². The Labute approximate surface area is 95.1 Å². The Morgan fingerprint density at radius 3 is 2.88 bits per heavy atom. The molecule has 0 heterocycles. The smallest absolute Gasteiger partial charge is 0.130 e. The highest BCUT2D eigenvalue weighted by Crippen LogP contribution is 2.27. The summed E-state index contributed by atoms with van der Waals surface area (Å²) in [5, 5.41) is 0. The monoisotopic (exact) mass is 220 g/mol. The maximum atomic E-state index is 13.6. The summed E-state index contributed by atoms with van der Waals surface area (Å²) in [6.07, 6.45) is 4.56. The van der Waals surface area contributed by atoms with Crippen molar-refractivity contribution in [3.8, 4) is 0 Å². The summed E-state index contributed by atoms with van der Waals surface area (Å²) >= 11 is 0. The number of hydrogen-bond acceptors (Lipinski definition) is 2. The topological polar surface area (TPSA) is 52.0 Å². The molecule has 16 heavy (non-hydrogen) atoms. The van der Waals surface area contributed by atoms with Gasteiger partial charge in [-0.05, 0) is 30.9 Å². The van der Waals surface area contributed by atoms with Crippen molar-refractivity contribution in [2.45, 2.75) is 25.3 Å². The number of rotatable bonds is 3. The highest BCUT2D eigenvalue weighted by atomic mass is 19.1. The van der Waals surface area contributed by atoms with Crippen LogP contribution in [0.4, 0.5) is 4.39 Å². The molecule has 1 aliphatic rings. The minimum atomic E-state index is -0.143. The molecule has 0 bridgehead atoms. The van der Waals surface area contributed by atoms with Crippen LogP contribution < -0.4 is 11.5 Å². The summed E-state index contributed by atoms with van der Waals surface area (Å²) < 4.78 is 13.6. The first-order chi connectivity index (χ1) is 7.70. The number of hydrogen-bond donors (Lipinski definition) is 2. The Bertz CT molecular complexity index is 412. The molecule has 86 valence electrons. The quantitative estimate of drug-likeness (QED) is 0.816. The van der Waals surface area contributed by atoms with Gasteiger partial charge in [-0.3, -0.25) is 0 Å². The molecule has 0 spiro atoms. The van der Waals surface area contributed by atoms with Crippen LogP contribution in [0.15, 0.2) is 23.8 Å². The van der Waals surface area contributed by atoms with Crippen LogP contribution in [0.1, 0.15) is 24.0 Å². The van der Waals surface area contributed by atoms with Crippen LogP contribution >= 0.6 is 0 Å². The fraction of sp³-hybridized carbons (Fsp3) is 0.385. The molecule has 0 radical (unpaired) electrons. The minimum absolute atomic E-state index is 0.0143. The van der Waals surface area contributed by atoms with Gasteiger partial charge in [0, 0.05) is 18.2 Å². The molecule has 0 unspecified atom stereocenters. The van der Waals surface area contributed by atoms with Gasteiger partial charge < -0.3 is 11.5 Å². The molecule has 1 aromatic rings. The van der Waals surface area contributed by atoms with Crippen LogP contribution in [0.25, 0.3) is 6.08 Å². The van der Waals surface area contributed by atoms with Crippen molar-refractivity contribution in [1.29, 1.82) is 0 Å². The molecule has 1 atom stereocenters. The molecule has 0 saturated heterocycles. The standard InChI is InChI=1S/C13H17FN2/c14-13-3-1-2-10-5-4-9(7-12(10)13)6-11(16)8-15/h1-3,7,11H,4-6,8,15-16H2/t11-/m1/s1. The highest BCUT2D eigenvalue weighted by Gasteiger charge is 2.14. The summed E-state index contributed by atoms with van der Waals surface area (Å²) in [5.74, 6) is -0.143. The van der Waals surface area contributed by atoms with E-state index in [0.29, 0.717) is 6.54 Å². The normalized spacial score (nSPS) is 16.6. The fourth-order valence-corrected chi connectivity index (χ4v) is 2.11. The Balaban J connectivity index is 2.23. The van der Waals surface area contributed by atoms with Gasteiger partial charge in [-0.1, -0.05) is 23.8 Å². The van der Waals surface area contributed by atoms with Gasteiger partial charge in [0.2, 0.25) is 0 Å². The van der Waals surface area contributed by atoms with E-state index in [1.54, 1.807) is 6.07 Å². The average Bonchev–Trinajstić information content (AvgIpc) is 2.30. The van der Waals surface area contributed by atoms with Gasteiger partial charge in [-0.25, -0.2) is 4.39 Å². The van der Waals surface area contributed by atoms with Crippen LogP contribution in [0.2, 0.25) is 0 Å². The van der Waals surface area contributed by atoms with Crippen molar-refractivity contribution in [3.05, 3.63) is 40.7 Å². The predicted octanol–water partition coefficient (Wildman–Crippen LogP) is 1.83. The van der Waals surface area contributed by atoms with E-state index >= 15 is 0 Å². The van der Waals surface area contributed by atoms with Gasteiger partial charge >= 0.3 is 0 Å². The van der Waals surface area contributed by atoms with Gasteiger partial charge in [-0.15, -0.1) is 0 Å². The maximum Gasteiger partial charge on any atom is 0.130 e. The van der Waals surface area contributed by atoms with Crippen molar-refractivity contribution in [2.75, 3.05) is 6.54 Å². The predicted molar refractivity (Wildman–Crippen MR) is 64.3 cm³/mol. The lowest BCUT2D eigenvalue weighted by Gasteiger charge is -2.19. The molecule has 1 aliphatic carbocycles. The minimum Gasteiger partial charge on any atom is -0.329 e. The molecule has 0 fully saturated rings. The van der Waals surface area contributed by atoms with Crippen LogP contribution in [0.3, 0.4) is 0 Å². The van der Waals surface area contributed by atoms with Crippen LogP contribution in [0.5, 0.6) is 0 Å². The first-order valence-electron chi connectivity index (χ1n) is 5.63. The number of benzene rings is 1. The maximum absolute atomic E-state index is 13.6. The van der Waals surface area contributed by atoms with E-state index in [9.17, 15) is 4.39 Å². The van der Waals surface area contributed by atoms with Gasteiger partial charge in [0.25, 0.3) is 0 Å². The molecule has 4 N–H and O–H groups in total. The van der Waals surface area contributed by atoms with E-state index < -0.39 is 0 Å². The zero-order chi connectivity index (χ0) is 11.5. The Kier molecular flexibility index (Phi) is 3.36. The first-order valence-corrected chi connectivity index (χ1v) is 5.63. The van der Waals surface area contributed by atoms with Crippen LogP contribution in [-0.2, 0) is 6.42 Å². The first kappa shape index (κ1) is 11.3. The molecule has 0 amide bonds. The summed E-state index contributed by atoms with van der Waals surface area (Å²) in [7, 11) is 0. The zero-order valence-electron chi connectivity index (χ0n) is 9.25. The van der Waals surface area contributed by atoms with E-state index in [1.165, 1.54) is 11.6 Å². The van der Waals surface area contributed by atoms with E-state index in [4.69, 9.17) is 11.5 Å². The lowest BCUT2D eigenvalue weighted by Crippen LogP contribution is -2.30. The molecule has 1 aromatic carbocycles. The second-order valence-corrected chi connectivity index (χ2v) is 4.32. The third-order valence-corrected chi connectivity index (χ3v) is 3.03. The molecule has 0 aromatic heterocycles. The molecule has 3 heteroatoms. The fourth-order valence-electron chi connectivity index (χ4n) is 2.11. The largest absolute Gasteiger partial charge is 0.329 e. The van der Waals surface area contributed by atoms with E-state index in [-0.39, 0.29) is 11.9 Å². The van der Waals surface area contributed by atoms with Crippen LogP contribution in [0, 0.1) is 5.82 Å². The summed E-state index contributed by atoms with van der Waals surface area (Å²) in [6.45, 7) is 0.474. The summed E-state index contributed by atoms with van der Waals surface area (Å²) in [6, 6.07) is 5.23. The third-order valence-electron chi connectivity index (χ3n) is 3.03. The summed E-state index contributed by atoms with van der Waals surface area (Å²) in [4.78, 5) is 0. The van der Waals surface area contributed by atoms with Gasteiger partial charge in [0.05, 0.1) is 0 Å². The Morgan fingerprint density at radius 2 is 2.12 bits per heavy atom. The van der Waals surface area contributed by atoms with Crippen molar-refractivity contribution >= 4 is 6.08 Å². The molecule has 2 rings (SSSR count). The molecule has 0 saturated carbocycles. The molecular formula is C13H17FN2. The number of aryl methyl sites for hydroxylation is 1. The van der Waals surface area contributed by atoms with Crippen molar-refractivity contribution < 1.29 is 4.39 Å². The average molecular weight is 220 g/mol. The van der Waals surface area contributed by atoms with Gasteiger partial charge in [0.1, 0.15) is 5.82 Å². The van der Waals surface area contributed by atoms with E-state index in [1.807, 2.05) is 12.1 Å². The summed E-state index contributed by atoms with van der Waals surface area (Å²) in [5.41, 5.74) is 14.3. The van der Waals surface area contributed by atoms with Gasteiger partial charge in [0.15, 0.2) is 0 Å². The second kappa shape index (κ2) is 4.76. The molecule has 2 nitrogen and oxygen atoms in total. The molecule has 0 aliphatic heterocycles. The number of halogens is 1. The SMILES string of the molecule is NC[C@H](N)CC1=Cc2c(F)cccc2CC1. The number of nitrogens with two attached hydrogens (primary N) is 2. The second-order valence-electron chi connectivity index (χ2n) is 4.32. The lowest BCUT2D eigenvalue weighted by atomic mass is 9.89.